The van der Waals surface area contributed by atoms with Gasteiger partial charge in [-0.3, -0.25) is 4.79 Å². The molecule has 0 aliphatic heterocycles. The molecule has 0 heterocycles. The molecule has 0 aromatic heterocycles. The van der Waals surface area contributed by atoms with Gasteiger partial charge in [0.15, 0.2) is 0 Å². The number of carbonyl (C=O) groups excluding carboxylic acids is 1. The van der Waals surface area contributed by atoms with Gasteiger partial charge >= 0.3 is 5.97 Å². The first kappa shape index (κ1) is 23.0. The van der Waals surface area contributed by atoms with Crippen molar-refractivity contribution >= 4 is 65.3 Å². The van der Waals surface area contributed by atoms with Gasteiger partial charge in [-0.1, -0.05) is 56.1 Å². The Hall–Kier alpha value is -2.70. The van der Waals surface area contributed by atoms with Gasteiger partial charge in [0.1, 0.15) is 0 Å². The fourth-order valence-corrected chi connectivity index (χ4v) is 3.81. The van der Waals surface area contributed by atoms with E-state index >= 15 is 0 Å². The highest BCUT2D eigenvalue weighted by Crippen LogP contribution is 2.22. The van der Waals surface area contributed by atoms with E-state index in [0.717, 1.165) is 30.5 Å². The molecule has 4 rings (SSSR count). The number of nitrogens with one attached hydrogen (secondary N) is 1. The maximum absolute atomic E-state index is 11.8. The third kappa shape index (κ3) is 6.15. The lowest BCUT2D eigenvalue weighted by Gasteiger charge is -2.09. The molecule has 31 heavy (non-hydrogen) atoms. The van der Waals surface area contributed by atoms with Crippen molar-refractivity contribution in [1.82, 2.24) is 5.32 Å². The average molecular weight is 543 g/mol. The summed E-state index contributed by atoms with van der Waals surface area (Å²) in [5, 5.41) is 15.8. The van der Waals surface area contributed by atoms with Crippen molar-refractivity contribution in [3.63, 3.8) is 0 Å². The third-order valence-electron chi connectivity index (χ3n) is 4.53. The minimum Gasteiger partial charge on any atom is -0.478 e. The number of carboxylic acids is 1. The summed E-state index contributed by atoms with van der Waals surface area (Å²) in [5.74, 6) is -0.917. The molecule has 2 N–H and O–H groups in total. The molecule has 0 saturated heterocycles. The van der Waals surface area contributed by atoms with Crippen LogP contribution in [0.2, 0.25) is 0 Å². The van der Waals surface area contributed by atoms with E-state index in [2.05, 4.69) is 37.2 Å². The van der Waals surface area contributed by atoms with Gasteiger partial charge in [0.05, 0.1) is 5.56 Å². The van der Waals surface area contributed by atoms with Gasteiger partial charge in [-0.25, -0.2) is 4.79 Å². The number of aromatic carboxylic acids is 1. The monoisotopic (exact) mass is 541 g/mol. The Morgan fingerprint density at radius 3 is 1.61 bits per heavy atom. The summed E-state index contributed by atoms with van der Waals surface area (Å²) in [5.41, 5.74) is 1.02. The number of hydrogen-bond acceptors (Lipinski definition) is 2. The Kier molecular flexibility index (Phi) is 7.46. The first-order valence-corrected chi connectivity index (χ1v) is 11.2. The number of halogens is 2. The number of hydrogen-bond donors (Lipinski definition) is 2. The number of carbonyl (C=O) groups is 2. The first-order chi connectivity index (χ1) is 14.7. The highest BCUT2D eigenvalue weighted by molar-refractivity contribution is 9.10. The molecular weight excluding hydrogens is 522 g/mol. The number of carboxylic acid groups (broad SMARTS) is 1. The molecule has 0 bridgehead atoms. The Balaban J connectivity index is 0.000000179. The van der Waals surface area contributed by atoms with Crippen molar-refractivity contribution in [2.45, 2.75) is 19.9 Å². The summed E-state index contributed by atoms with van der Waals surface area (Å²) in [7, 11) is 0. The van der Waals surface area contributed by atoms with Crippen molar-refractivity contribution in [2.24, 2.45) is 0 Å². The van der Waals surface area contributed by atoms with Crippen LogP contribution in [-0.4, -0.2) is 23.0 Å². The molecule has 0 radical (unpaired) electrons. The zero-order valence-electron chi connectivity index (χ0n) is 17.0. The van der Waals surface area contributed by atoms with Gasteiger partial charge in [-0.05, 0) is 83.9 Å². The highest BCUT2D eigenvalue weighted by atomic mass is 79.9. The second kappa shape index (κ2) is 10.1. The molecule has 4 aromatic carbocycles. The molecule has 0 aliphatic rings. The SMILES string of the molecule is CC(C)NC(=O)c1ccc2cc(Br)ccc2c1.O=C(O)c1ccc2cc(Br)ccc2c1. The van der Waals surface area contributed by atoms with Crippen molar-refractivity contribution < 1.29 is 14.7 Å². The third-order valence-corrected chi connectivity index (χ3v) is 5.52. The van der Waals surface area contributed by atoms with E-state index in [1.165, 1.54) is 0 Å². The number of amides is 1. The van der Waals surface area contributed by atoms with Crippen molar-refractivity contribution in [2.75, 3.05) is 0 Å². The van der Waals surface area contributed by atoms with Crippen LogP contribution in [-0.2, 0) is 0 Å². The van der Waals surface area contributed by atoms with Gasteiger partial charge in [0.25, 0.3) is 5.91 Å². The average Bonchev–Trinajstić information content (AvgIpc) is 2.72. The Morgan fingerprint density at radius 1 is 0.710 bits per heavy atom. The minimum absolute atomic E-state index is 0.0233. The Bertz CT molecular complexity index is 1270. The number of rotatable bonds is 3. The lowest BCUT2D eigenvalue weighted by Crippen LogP contribution is -2.29. The summed E-state index contributed by atoms with van der Waals surface area (Å²) in [4.78, 5) is 22.5. The minimum atomic E-state index is -0.894. The van der Waals surface area contributed by atoms with Gasteiger partial charge in [-0.2, -0.15) is 0 Å². The van der Waals surface area contributed by atoms with Gasteiger partial charge in [-0.15, -0.1) is 0 Å². The largest absolute Gasteiger partial charge is 0.478 e. The molecule has 0 spiro atoms. The van der Waals surface area contributed by atoms with E-state index in [1.807, 2.05) is 74.5 Å². The van der Waals surface area contributed by atoms with E-state index < -0.39 is 5.97 Å². The van der Waals surface area contributed by atoms with Crippen molar-refractivity contribution in [1.29, 1.82) is 0 Å². The van der Waals surface area contributed by atoms with Gasteiger partial charge in [0.2, 0.25) is 0 Å². The molecule has 0 unspecified atom stereocenters. The summed E-state index contributed by atoms with van der Waals surface area (Å²) < 4.78 is 2.04. The topological polar surface area (TPSA) is 66.4 Å². The van der Waals surface area contributed by atoms with Crippen molar-refractivity contribution in [3.8, 4) is 0 Å². The van der Waals surface area contributed by atoms with E-state index in [0.29, 0.717) is 11.1 Å². The van der Waals surface area contributed by atoms with Crippen molar-refractivity contribution in [3.05, 3.63) is 92.9 Å². The molecule has 0 fully saturated rings. The maximum Gasteiger partial charge on any atom is 0.335 e. The molecule has 0 atom stereocenters. The predicted octanol–water partition coefficient (Wildman–Crippen LogP) is 7.04. The van der Waals surface area contributed by atoms with Gasteiger partial charge in [0, 0.05) is 20.6 Å². The zero-order chi connectivity index (χ0) is 22.5. The van der Waals surface area contributed by atoms with Gasteiger partial charge < -0.3 is 10.4 Å². The van der Waals surface area contributed by atoms with Crippen LogP contribution in [0.25, 0.3) is 21.5 Å². The molecule has 4 nitrogen and oxygen atoms in total. The van der Waals surface area contributed by atoms with Crippen LogP contribution < -0.4 is 5.32 Å². The van der Waals surface area contributed by atoms with E-state index in [1.54, 1.807) is 12.1 Å². The summed E-state index contributed by atoms with van der Waals surface area (Å²) in [6.45, 7) is 3.91. The Morgan fingerprint density at radius 2 is 1.13 bits per heavy atom. The molecule has 6 heteroatoms. The molecule has 1 amide bonds. The summed E-state index contributed by atoms with van der Waals surface area (Å²) in [6.07, 6.45) is 0. The van der Waals surface area contributed by atoms with Crippen LogP contribution in [0, 0.1) is 0 Å². The van der Waals surface area contributed by atoms with E-state index in [-0.39, 0.29) is 11.9 Å². The molecule has 0 aliphatic carbocycles. The zero-order valence-corrected chi connectivity index (χ0v) is 20.2. The smallest absolute Gasteiger partial charge is 0.335 e. The van der Waals surface area contributed by atoms with E-state index in [4.69, 9.17) is 5.11 Å². The second-order valence-corrected chi connectivity index (χ2v) is 9.18. The molecule has 158 valence electrons. The summed E-state index contributed by atoms with van der Waals surface area (Å²) >= 11 is 6.80. The van der Waals surface area contributed by atoms with Crippen LogP contribution in [0.1, 0.15) is 34.6 Å². The normalized spacial score (nSPS) is 10.6. The maximum atomic E-state index is 11.8. The standard InChI is InChI=1S/C14H14BrNO.C11H7BrO2/c1-9(2)16-14(17)12-4-3-11-8-13(15)6-5-10(11)7-12;12-10-4-3-7-5-9(11(13)14)2-1-8(7)6-10/h3-9H,1-2H3,(H,16,17);1-6H,(H,13,14). The number of benzene rings is 4. The lowest BCUT2D eigenvalue weighted by atomic mass is 10.1. The quantitative estimate of drug-likeness (QED) is 0.291. The fourth-order valence-electron chi connectivity index (χ4n) is 3.05. The number of fused-ring (bicyclic) bond motifs is 2. The fraction of sp³-hybridized carbons (Fsp3) is 0.120. The highest BCUT2D eigenvalue weighted by Gasteiger charge is 2.07. The second-order valence-electron chi connectivity index (χ2n) is 7.35. The Labute approximate surface area is 197 Å². The molecular formula is C25H21Br2NO3. The van der Waals surface area contributed by atoms with Crippen LogP contribution in [0.5, 0.6) is 0 Å². The summed E-state index contributed by atoms with van der Waals surface area (Å²) in [6, 6.07) is 22.8. The van der Waals surface area contributed by atoms with E-state index in [9.17, 15) is 9.59 Å². The van der Waals surface area contributed by atoms with Crippen LogP contribution in [0.3, 0.4) is 0 Å². The predicted molar refractivity (Wildman–Crippen MR) is 133 cm³/mol. The first-order valence-electron chi connectivity index (χ1n) is 9.66. The van der Waals surface area contributed by atoms with Crippen LogP contribution in [0.15, 0.2) is 81.7 Å². The van der Waals surface area contributed by atoms with Crippen LogP contribution >= 0.6 is 31.9 Å². The molecule has 0 saturated carbocycles. The lowest BCUT2D eigenvalue weighted by molar-refractivity contribution is 0.0696. The molecule has 4 aromatic rings. The van der Waals surface area contributed by atoms with Crippen LogP contribution in [0.4, 0.5) is 0 Å².